The third kappa shape index (κ3) is 3.32. The monoisotopic (exact) mass is 211 g/mol. The quantitative estimate of drug-likeness (QED) is 0.693. The number of nitrogens with one attached hydrogen (secondary N) is 1. The molecule has 1 aromatic rings. The Morgan fingerprint density at radius 2 is 2.40 bits per heavy atom. The van der Waals surface area contributed by atoms with Crippen molar-refractivity contribution in [3.8, 4) is 0 Å². The molecule has 6 nitrogen and oxygen atoms in total. The summed E-state index contributed by atoms with van der Waals surface area (Å²) in [7, 11) is 0. The van der Waals surface area contributed by atoms with Gasteiger partial charge in [0.15, 0.2) is 5.69 Å². The summed E-state index contributed by atoms with van der Waals surface area (Å²) >= 11 is 0. The van der Waals surface area contributed by atoms with Gasteiger partial charge >= 0.3 is 0 Å². The molecule has 0 aliphatic heterocycles. The normalized spacial score (nSPS) is 10.3. The van der Waals surface area contributed by atoms with Crippen LogP contribution in [0, 0.1) is 0 Å². The summed E-state index contributed by atoms with van der Waals surface area (Å²) in [5, 5.41) is 9.80. The second kappa shape index (κ2) is 6.13. The second-order valence-corrected chi connectivity index (χ2v) is 3.29. The first-order valence-corrected chi connectivity index (χ1v) is 5.14. The van der Waals surface area contributed by atoms with Gasteiger partial charge in [0, 0.05) is 19.6 Å². The topological polar surface area (TPSA) is 87.9 Å². The number of rotatable bonds is 6. The summed E-state index contributed by atoms with van der Waals surface area (Å²) < 4.78 is 0. The summed E-state index contributed by atoms with van der Waals surface area (Å²) in [6.07, 6.45) is 3.45. The molecule has 3 N–H and O–H groups in total. The third-order valence-corrected chi connectivity index (χ3v) is 2.10. The number of H-pyrrole nitrogens is 1. The minimum atomic E-state index is -0.109. The van der Waals surface area contributed by atoms with Gasteiger partial charge in [-0.1, -0.05) is 13.3 Å². The largest absolute Gasteiger partial charge is 0.336 e. The van der Waals surface area contributed by atoms with E-state index in [1.807, 2.05) is 0 Å². The lowest BCUT2D eigenvalue weighted by Gasteiger charge is -2.20. The number of aromatic nitrogens is 3. The van der Waals surface area contributed by atoms with Crippen LogP contribution in [0.3, 0.4) is 0 Å². The Kier molecular flexibility index (Phi) is 4.76. The number of nitrogens with two attached hydrogens (primary N) is 1. The number of hydrogen-bond acceptors (Lipinski definition) is 4. The van der Waals surface area contributed by atoms with E-state index in [1.165, 1.54) is 6.20 Å². The van der Waals surface area contributed by atoms with Crippen LogP contribution in [0.4, 0.5) is 0 Å². The van der Waals surface area contributed by atoms with Crippen molar-refractivity contribution in [2.24, 2.45) is 5.73 Å². The Labute approximate surface area is 88.8 Å². The van der Waals surface area contributed by atoms with Crippen LogP contribution < -0.4 is 5.73 Å². The molecule has 0 radical (unpaired) electrons. The first-order valence-electron chi connectivity index (χ1n) is 5.14. The number of aromatic amines is 1. The molecule has 0 unspecified atom stereocenters. The van der Waals surface area contributed by atoms with Crippen molar-refractivity contribution in [1.82, 2.24) is 20.3 Å². The molecule has 0 atom stereocenters. The van der Waals surface area contributed by atoms with Crippen LogP contribution in [0.15, 0.2) is 6.20 Å². The molecule has 1 rings (SSSR count). The highest BCUT2D eigenvalue weighted by Gasteiger charge is 2.16. The average Bonchev–Trinajstić information content (AvgIpc) is 2.76. The zero-order valence-corrected chi connectivity index (χ0v) is 8.94. The Morgan fingerprint density at radius 1 is 1.60 bits per heavy atom. The van der Waals surface area contributed by atoms with Gasteiger partial charge in [-0.3, -0.25) is 4.79 Å². The fourth-order valence-electron chi connectivity index (χ4n) is 1.29. The zero-order valence-electron chi connectivity index (χ0n) is 8.94. The van der Waals surface area contributed by atoms with E-state index in [1.54, 1.807) is 4.90 Å². The molecule has 1 heterocycles. The van der Waals surface area contributed by atoms with E-state index in [0.717, 1.165) is 19.4 Å². The summed E-state index contributed by atoms with van der Waals surface area (Å²) in [5.41, 5.74) is 5.80. The fourth-order valence-corrected chi connectivity index (χ4v) is 1.29. The van der Waals surface area contributed by atoms with E-state index in [-0.39, 0.29) is 5.91 Å². The molecular weight excluding hydrogens is 194 g/mol. The molecule has 0 saturated carbocycles. The molecule has 0 aliphatic rings. The molecule has 0 spiro atoms. The van der Waals surface area contributed by atoms with Gasteiger partial charge in [0.25, 0.3) is 5.91 Å². The molecule has 15 heavy (non-hydrogen) atoms. The number of amides is 1. The molecular formula is C9H17N5O. The van der Waals surface area contributed by atoms with Gasteiger partial charge in [0.05, 0.1) is 6.20 Å². The van der Waals surface area contributed by atoms with E-state index in [2.05, 4.69) is 22.3 Å². The zero-order chi connectivity index (χ0) is 11.1. The molecule has 84 valence electrons. The van der Waals surface area contributed by atoms with Crippen molar-refractivity contribution in [3.63, 3.8) is 0 Å². The highest BCUT2D eigenvalue weighted by Crippen LogP contribution is 2.01. The Balaban J connectivity index is 2.58. The van der Waals surface area contributed by atoms with Crippen molar-refractivity contribution < 1.29 is 4.79 Å². The average molecular weight is 211 g/mol. The smallest absolute Gasteiger partial charge is 0.276 e. The molecule has 1 amide bonds. The van der Waals surface area contributed by atoms with Gasteiger partial charge < -0.3 is 10.6 Å². The summed E-state index contributed by atoms with van der Waals surface area (Å²) in [5.74, 6) is -0.109. The maximum atomic E-state index is 11.8. The van der Waals surface area contributed by atoms with Gasteiger partial charge in [-0.25, -0.2) is 0 Å². The highest BCUT2D eigenvalue weighted by atomic mass is 16.2. The van der Waals surface area contributed by atoms with Crippen molar-refractivity contribution in [1.29, 1.82) is 0 Å². The van der Waals surface area contributed by atoms with Gasteiger partial charge in [-0.05, 0) is 6.42 Å². The second-order valence-electron chi connectivity index (χ2n) is 3.29. The third-order valence-electron chi connectivity index (χ3n) is 2.10. The molecule has 0 bridgehead atoms. The lowest BCUT2D eigenvalue weighted by atomic mass is 10.3. The summed E-state index contributed by atoms with van der Waals surface area (Å²) in [6, 6.07) is 0. The van der Waals surface area contributed by atoms with Crippen LogP contribution in [-0.4, -0.2) is 45.9 Å². The van der Waals surface area contributed by atoms with Gasteiger partial charge in [-0.15, -0.1) is 0 Å². The highest BCUT2D eigenvalue weighted by molar-refractivity contribution is 5.91. The standard InChI is InChI=1S/C9H17N5O/c1-2-3-5-14(6-4-10)9(15)8-7-11-13-12-8/h7H,2-6,10H2,1H3,(H,11,12,13). The van der Waals surface area contributed by atoms with Crippen LogP contribution in [0.2, 0.25) is 0 Å². The summed E-state index contributed by atoms with van der Waals surface area (Å²) in [4.78, 5) is 13.6. The minimum Gasteiger partial charge on any atom is -0.336 e. The van der Waals surface area contributed by atoms with Gasteiger partial charge in [0.1, 0.15) is 0 Å². The number of carbonyl (C=O) groups excluding carboxylic acids is 1. The fraction of sp³-hybridized carbons (Fsp3) is 0.667. The molecule has 1 aromatic heterocycles. The molecule has 0 aromatic carbocycles. The Bertz CT molecular complexity index is 285. The minimum absolute atomic E-state index is 0.109. The van der Waals surface area contributed by atoms with Crippen LogP contribution in [-0.2, 0) is 0 Å². The van der Waals surface area contributed by atoms with Crippen LogP contribution in [0.5, 0.6) is 0 Å². The number of hydrogen-bond donors (Lipinski definition) is 2. The molecule has 6 heteroatoms. The molecule has 0 fully saturated rings. The van der Waals surface area contributed by atoms with E-state index in [4.69, 9.17) is 5.73 Å². The van der Waals surface area contributed by atoms with Crippen LogP contribution in [0.25, 0.3) is 0 Å². The van der Waals surface area contributed by atoms with E-state index < -0.39 is 0 Å². The van der Waals surface area contributed by atoms with Crippen LogP contribution >= 0.6 is 0 Å². The van der Waals surface area contributed by atoms with E-state index in [9.17, 15) is 4.79 Å². The SMILES string of the molecule is CCCCN(CCN)C(=O)c1cn[nH]n1. The van der Waals surface area contributed by atoms with Gasteiger partial charge in [0.2, 0.25) is 0 Å². The predicted molar refractivity (Wildman–Crippen MR) is 56.2 cm³/mol. The first kappa shape index (κ1) is 11.6. The lowest BCUT2D eigenvalue weighted by molar-refractivity contribution is 0.0752. The molecule has 0 saturated heterocycles. The van der Waals surface area contributed by atoms with Crippen LogP contribution in [0.1, 0.15) is 30.3 Å². The summed E-state index contributed by atoms with van der Waals surface area (Å²) in [6.45, 7) is 3.83. The number of unbranched alkanes of at least 4 members (excludes halogenated alkanes) is 1. The molecule has 0 aliphatic carbocycles. The van der Waals surface area contributed by atoms with Crippen molar-refractivity contribution in [2.75, 3.05) is 19.6 Å². The lowest BCUT2D eigenvalue weighted by Crippen LogP contribution is -2.36. The Hall–Kier alpha value is -1.43. The number of nitrogens with zero attached hydrogens (tertiary/aromatic N) is 3. The van der Waals surface area contributed by atoms with Crippen molar-refractivity contribution in [3.05, 3.63) is 11.9 Å². The van der Waals surface area contributed by atoms with E-state index in [0.29, 0.717) is 18.8 Å². The Morgan fingerprint density at radius 3 is 2.93 bits per heavy atom. The maximum Gasteiger partial charge on any atom is 0.276 e. The van der Waals surface area contributed by atoms with Crippen molar-refractivity contribution in [2.45, 2.75) is 19.8 Å². The van der Waals surface area contributed by atoms with Gasteiger partial charge in [-0.2, -0.15) is 15.4 Å². The predicted octanol–water partition coefficient (Wildman–Crippen LogP) is 0.00570. The first-order chi connectivity index (χ1) is 7.29. The number of carbonyl (C=O) groups is 1. The van der Waals surface area contributed by atoms with Crippen molar-refractivity contribution >= 4 is 5.91 Å². The maximum absolute atomic E-state index is 11.8. The van der Waals surface area contributed by atoms with E-state index >= 15 is 0 Å².